The van der Waals surface area contributed by atoms with Crippen molar-refractivity contribution in [2.45, 2.75) is 58.5 Å². The number of rotatable bonds is 5. The van der Waals surface area contributed by atoms with Crippen molar-refractivity contribution >= 4 is 11.7 Å². The van der Waals surface area contributed by atoms with Crippen LogP contribution in [0.1, 0.15) is 54.9 Å². The fraction of sp³-hybridized carbons (Fsp3) is 0.556. The molecule has 0 radical (unpaired) electrons. The second-order valence-corrected chi connectivity index (χ2v) is 6.79. The van der Waals surface area contributed by atoms with E-state index in [1.165, 1.54) is 18.4 Å². The van der Waals surface area contributed by atoms with Gasteiger partial charge in [0.25, 0.3) is 11.6 Å². The number of fused-ring (bicyclic) bond motifs is 1. The molecule has 0 unspecified atom stereocenters. The Kier molecular flexibility index (Phi) is 5.48. The van der Waals surface area contributed by atoms with Crippen LogP contribution in [-0.4, -0.2) is 32.0 Å². The van der Waals surface area contributed by atoms with Crippen molar-refractivity contribution < 1.29 is 18.0 Å². The van der Waals surface area contributed by atoms with Gasteiger partial charge in [0.15, 0.2) is 0 Å². The summed E-state index contributed by atoms with van der Waals surface area (Å²) in [5, 5.41) is 6.37. The Morgan fingerprint density at radius 1 is 1.26 bits per heavy atom. The Balaban J connectivity index is 1.70. The lowest BCUT2D eigenvalue weighted by Gasteiger charge is -2.14. The fourth-order valence-electron chi connectivity index (χ4n) is 3.30. The zero-order chi connectivity index (χ0) is 19.6. The summed E-state index contributed by atoms with van der Waals surface area (Å²) in [7, 11) is 0. The van der Waals surface area contributed by atoms with Gasteiger partial charge in [-0.25, -0.2) is 9.50 Å². The summed E-state index contributed by atoms with van der Waals surface area (Å²) in [5.41, 5.74) is 2.85. The van der Waals surface area contributed by atoms with Crippen molar-refractivity contribution in [2.75, 3.05) is 6.54 Å². The van der Waals surface area contributed by atoms with Gasteiger partial charge in [-0.2, -0.15) is 18.2 Å². The molecule has 146 valence electrons. The molecule has 9 heteroatoms. The van der Waals surface area contributed by atoms with Crippen molar-refractivity contribution in [1.82, 2.24) is 24.9 Å². The molecule has 0 fully saturated rings. The van der Waals surface area contributed by atoms with Gasteiger partial charge in [-0.15, -0.1) is 5.10 Å². The minimum Gasteiger partial charge on any atom is -0.355 e. The van der Waals surface area contributed by atoms with Gasteiger partial charge in [-0.05, 0) is 46.0 Å². The van der Waals surface area contributed by atoms with Crippen LogP contribution < -0.4 is 5.32 Å². The number of alkyl halides is 3. The molecule has 0 aliphatic heterocycles. The van der Waals surface area contributed by atoms with E-state index in [2.05, 4.69) is 26.5 Å². The van der Waals surface area contributed by atoms with Crippen LogP contribution >= 0.6 is 0 Å². The normalized spacial score (nSPS) is 15.1. The Morgan fingerprint density at radius 2 is 2.04 bits per heavy atom. The smallest absolute Gasteiger partial charge is 0.355 e. The van der Waals surface area contributed by atoms with Crippen LogP contribution in [0.3, 0.4) is 0 Å². The molecule has 0 saturated carbocycles. The second kappa shape index (κ2) is 7.66. The molecule has 27 heavy (non-hydrogen) atoms. The molecule has 0 saturated heterocycles. The van der Waals surface area contributed by atoms with Gasteiger partial charge in [-0.3, -0.25) is 4.79 Å². The molecular formula is C18H22F3N5O. The van der Waals surface area contributed by atoms with E-state index in [0.29, 0.717) is 23.5 Å². The molecule has 3 rings (SSSR count). The maximum absolute atomic E-state index is 12.8. The number of allylic oxidation sites excluding steroid dienone is 1. The monoisotopic (exact) mass is 381 g/mol. The largest absolute Gasteiger partial charge is 0.453 e. The zero-order valence-corrected chi connectivity index (χ0v) is 15.4. The van der Waals surface area contributed by atoms with Crippen LogP contribution in [0.25, 0.3) is 5.78 Å². The van der Waals surface area contributed by atoms with E-state index in [1.54, 1.807) is 13.8 Å². The van der Waals surface area contributed by atoms with Gasteiger partial charge >= 0.3 is 6.18 Å². The standard InChI is InChI=1S/C18H22F3N5O/c1-11-14(10-15(27)22-9-8-13-6-4-3-5-7-13)12(2)26-17(23-11)24-16(25-26)18(19,20)21/h6H,3-5,7-10H2,1-2H3,(H,22,27). The molecule has 1 aliphatic rings. The highest BCUT2D eigenvalue weighted by atomic mass is 19.4. The number of carbonyl (C=O) groups excluding carboxylic acids is 1. The summed E-state index contributed by atoms with van der Waals surface area (Å²) in [6.45, 7) is 3.83. The van der Waals surface area contributed by atoms with Crippen LogP contribution in [0.5, 0.6) is 0 Å². The Morgan fingerprint density at radius 3 is 2.70 bits per heavy atom. The van der Waals surface area contributed by atoms with Crippen LogP contribution in [0.4, 0.5) is 13.2 Å². The average molecular weight is 381 g/mol. The Bertz CT molecular complexity index is 885. The highest BCUT2D eigenvalue weighted by Crippen LogP contribution is 2.27. The summed E-state index contributed by atoms with van der Waals surface area (Å²) < 4.78 is 39.5. The van der Waals surface area contributed by atoms with Crippen LogP contribution in [0, 0.1) is 13.8 Å². The van der Waals surface area contributed by atoms with Gasteiger partial charge in [0, 0.05) is 23.5 Å². The van der Waals surface area contributed by atoms with Gasteiger partial charge < -0.3 is 5.32 Å². The van der Waals surface area contributed by atoms with Crippen LogP contribution in [-0.2, 0) is 17.4 Å². The van der Waals surface area contributed by atoms with Crippen molar-refractivity contribution in [2.24, 2.45) is 0 Å². The van der Waals surface area contributed by atoms with E-state index < -0.39 is 12.0 Å². The molecule has 1 amide bonds. The van der Waals surface area contributed by atoms with Gasteiger partial charge in [-0.1, -0.05) is 11.6 Å². The average Bonchev–Trinajstić information content (AvgIpc) is 3.04. The molecule has 0 spiro atoms. The number of carbonyl (C=O) groups is 1. The van der Waals surface area contributed by atoms with Crippen molar-refractivity contribution in [1.29, 1.82) is 0 Å². The molecule has 0 bridgehead atoms. The number of aryl methyl sites for hydroxylation is 2. The van der Waals surface area contributed by atoms with E-state index in [-0.39, 0.29) is 18.1 Å². The van der Waals surface area contributed by atoms with Crippen LogP contribution in [0.2, 0.25) is 0 Å². The Labute approximate surface area is 154 Å². The first-order valence-electron chi connectivity index (χ1n) is 9.00. The summed E-state index contributed by atoms with van der Waals surface area (Å²) in [4.78, 5) is 19.8. The lowest BCUT2D eigenvalue weighted by Crippen LogP contribution is -2.27. The summed E-state index contributed by atoms with van der Waals surface area (Å²) in [5.74, 6) is -1.54. The molecule has 2 aromatic rings. The van der Waals surface area contributed by atoms with Crippen LogP contribution in [0.15, 0.2) is 11.6 Å². The molecule has 2 heterocycles. The second-order valence-electron chi connectivity index (χ2n) is 6.79. The molecule has 1 aliphatic carbocycles. The first-order valence-corrected chi connectivity index (χ1v) is 9.00. The maximum Gasteiger partial charge on any atom is 0.453 e. The maximum atomic E-state index is 12.8. The third kappa shape index (κ3) is 4.45. The molecular weight excluding hydrogens is 359 g/mol. The third-order valence-corrected chi connectivity index (χ3v) is 4.79. The molecule has 0 atom stereocenters. The lowest BCUT2D eigenvalue weighted by atomic mass is 9.97. The first-order chi connectivity index (χ1) is 12.8. The highest BCUT2D eigenvalue weighted by Gasteiger charge is 2.37. The minimum absolute atomic E-state index is 0.0425. The molecule has 6 nitrogen and oxygen atoms in total. The zero-order valence-electron chi connectivity index (χ0n) is 15.4. The van der Waals surface area contributed by atoms with E-state index >= 15 is 0 Å². The Hall–Kier alpha value is -2.45. The molecule has 2 aromatic heterocycles. The summed E-state index contributed by atoms with van der Waals surface area (Å²) in [6.07, 6.45) is 3.08. The predicted molar refractivity (Wildman–Crippen MR) is 93.1 cm³/mol. The first kappa shape index (κ1) is 19.3. The number of hydrogen-bond acceptors (Lipinski definition) is 4. The van der Waals surface area contributed by atoms with E-state index in [4.69, 9.17) is 0 Å². The quantitative estimate of drug-likeness (QED) is 0.807. The minimum atomic E-state index is -4.64. The van der Waals surface area contributed by atoms with Gasteiger partial charge in [0.1, 0.15) is 0 Å². The predicted octanol–water partition coefficient (Wildman–Crippen LogP) is 3.31. The number of hydrogen-bond donors (Lipinski definition) is 1. The number of nitrogens with one attached hydrogen (secondary N) is 1. The van der Waals surface area contributed by atoms with Crippen molar-refractivity contribution in [3.8, 4) is 0 Å². The molecule has 0 aromatic carbocycles. The number of aromatic nitrogens is 4. The van der Waals surface area contributed by atoms with Crippen molar-refractivity contribution in [3.05, 3.63) is 34.4 Å². The number of amides is 1. The molecule has 1 N–H and O–H groups in total. The van der Waals surface area contributed by atoms with Gasteiger partial charge in [0.05, 0.1) is 6.42 Å². The van der Waals surface area contributed by atoms with E-state index in [1.807, 2.05) is 0 Å². The van der Waals surface area contributed by atoms with E-state index in [9.17, 15) is 18.0 Å². The number of halogens is 3. The number of nitrogens with zero attached hydrogens (tertiary/aromatic N) is 4. The summed E-state index contributed by atoms with van der Waals surface area (Å²) >= 11 is 0. The lowest BCUT2D eigenvalue weighted by molar-refractivity contribution is -0.144. The fourth-order valence-corrected chi connectivity index (χ4v) is 3.30. The van der Waals surface area contributed by atoms with Crippen molar-refractivity contribution in [3.63, 3.8) is 0 Å². The van der Waals surface area contributed by atoms with E-state index in [0.717, 1.165) is 23.8 Å². The van der Waals surface area contributed by atoms with Gasteiger partial charge in [0.2, 0.25) is 5.91 Å². The topological polar surface area (TPSA) is 72.2 Å². The highest BCUT2D eigenvalue weighted by molar-refractivity contribution is 5.79. The summed E-state index contributed by atoms with van der Waals surface area (Å²) in [6, 6.07) is 0. The third-order valence-electron chi connectivity index (χ3n) is 4.79. The SMILES string of the molecule is Cc1nc2nc(C(F)(F)F)nn2c(C)c1CC(=O)NCCC1=CCCCC1.